The third-order valence-corrected chi connectivity index (χ3v) is 2.47. The van der Waals surface area contributed by atoms with E-state index in [0.29, 0.717) is 19.5 Å². The van der Waals surface area contributed by atoms with Gasteiger partial charge in [0.05, 0.1) is 12.5 Å². The molecule has 1 amide bonds. The Balaban J connectivity index is 2.20. The lowest BCUT2D eigenvalue weighted by Crippen LogP contribution is -2.33. The fourth-order valence-corrected chi connectivity index (χ4v) is 1.43. The molecule has 0 radical (unpaired) electrons. The molecule has 94 valence electrons. The van der Waals surface area contributed by atoms with Gasteiger partial charge in [0.15, 0.2) is 0 Å². The van der Waals surface area contributed by atoms with E-state index in [1.165, 1.54) is 0 Å². The van der Waals surface area contributed by atoms with Crippen molar-refractivity contribution in [2.45, 2.75) is 18.9 Å². The molecule has 1 unspecified atom stereocenters. The Kier molecular flexibility index (Phi) is 6.21. The van der Waals surface area contributed by atoms with Gasteiger partial charge in [-0.15, -0.1) is 0 Å². The van der Waals surface area contributed by atoms with E-state index in [-0.39, 0.29) is 12.0 Å². The molecule has 0 spiro atoms. The Hall–Kier alpha value is -1.46. The van der Waals surface area contributed by atoms with Crippen molar-refractivity contribution < 1.29 is 9.53 Å². The molecule has 0 bridgehead atoms. The van der Waals surface area contributed by atoms with Gasteiger partial charge in [0.2, 0.25) is 5.91 Å². The summed E-state index contributed by atoms with van der Waals surface area (Å²) in [5, 5.41) is 2.83. The Morgan fingerprint density at radius 3 is 3.06 bits per heavy atom. The lowest BCUT2D eigenvalue weighted by Gasteiger charge is -2.12. The third-order valence-electron chi connectivity index (χ3n) is 2.47. The highest BCUT2D eigenvalue weighted by Crippen LogP contribution is 1.97. The predicted molar refractivity (Wildman–Crippen MR) is 65.4 cm³/mol. The molecule has 1 aromatic heterocycles. The fraction of sp³-hybridized carbons (Fsp3) is 0.500. The van der Waals surface area contributed by atoms with Gasteiger partial charge in [0.1, 0.15) is 0 Å². The van der Waals surface area contributed by atoms with Crippen LogP contribution in [0.1, 0.15) is 12.0 Å². The zero-order valence-electron chi connectivity index (χ0n) is 10.1. The molecule has 1 heterocycles. The Bertz CT molecular complexity index is 326. The van der Waals surface area contributed by atoms with Crippen LogP contribution in [0.25, 0.3) is 0 Å². The molecule has 3 N–H and O–H groups in total. The van der Waals surface area contributed by atoms with Crippen molar-refractivity contribution >= 4 is 5.91 Å². The van der Waals surface area contributed by atoms with E-state index in [1.807, 2.05) is 12.1 Å². The molecule has 5 nitrogen and oxygen atoms in total. The largest absolute Gasteiger partial charge is 0.380 e. The molecule has 1 atom stereocenters. The summed E-state index contributed by atoms with van der Waals surface area (Å²) in [5.74, 6) is -0.0359. The highest BCUT2D eigenvalue weighted by Gasteiger charge is 2.10. The van der Waals surface area contributed by atoms with Crippen LogP contribution in [0.5, 0.6) is 0 Å². The number of pyridine rings is 1. The molecular formula is C12H19N3O2. The summed E-state index contributed by atoms with van der Waals surface area (Å²) in [7, 11) is 1.56. The number of ether oxygens (including phenoxy) is 1. The van der Waals surface area contributed by atoms with E-state index in [1.54, 1.807) is 19.5 Å². The van der Waals surface area contributed by atoms with Gasteiger partial charge in [0, 0.05) is 32.6 Å². The quantitative estimate of drug-likeness (QED) is 0.705. The molecule has 0 saturated carbocycles. The smallest absolute Gasteiger partial charge is 0.222 e. The third kappa shape index (κ3) is 5.42. The summed E-state index contributed by atoms with van der Waals surface area (Å²) in [4.78, 5) is 15.5. The molecule has 0 fully saturated rings. The van der Waals surface area contributed by atoms with Crippen molar-refractivity contribution in [3.63, 3.8) is 0 Å². The van der Waals surface area contributed by atoms with Gasteiger partial charge in [-0.25, -0.2) is 0 Å². The Labute approximate surface area is 101 Å². The van der Waals surface area contributed by atoms with Crippen LogP contribution in [0.2, 0.25) is 0 Å². The maximum Gasteiger partial charge on any atom is 0.222 e. The minimum atomic E-state index is -0.201. The SMILES string of the molecule is COC(CN)CC(=O)NCCc1cccnc1. The van der Waals surface area contributed by atoms with Crippen molar-refractivity contribution in [1.82, 2.24) is 10.3 Å². The number of nitrogens with zero attached hydrogens (tertiary/aromatic N) is 1. The van der Waals surface area contributed by atoms with Crippen molar-refractivity contribution in [3.8, 4) is 0 Å². The van der Waals surface area contributed by atoms with Crippen LogP contribution >= 0.6 is 0 Å². The first-order chi connectivity index (χ1) is 8.26. The van der Waals surface area contributed by atoms with Crippen LogP contribution in [0.15, 0.2) is 24.5 Å². The minimum Gasteiger partial charge on any atom is -0.380 e. The summed E-state index contributed by atoms with van der Waals surface area (Å²) >= 11 is 0. The summed E-state index contributed by atoms with van der Waals surface area (Å²) in [6.45, 7) is 0.956. The molecular weight excluding hydrogens is 218 g/mol. The lowest BCUT2D eigenvalue weighted by atomic mass is 10.2. The lowest BCUT2D eigenvalue weighted by molar-refractivity contribution is -0.123. The molecule has 1 aromatic rings. The predicted octanol–water partition coefficient (Wildman–Crippen LogP) is 0.104. The second-order valence-corrected chi connectivity index (χ2v) is 3.76. The molecule has 0 aliphatic carbocycles. The molecule has 0 saturated heterocycles. The fourth-order valence-electron chi connectivity index (χ4n) is 1.43. The Morgan fingerprint density at radius 1 is 1.65 bits per heavy atom. The normalized spacial score (nSPS) is 12.1. The van der Waals surface area contributed by atoms with Gasteiger partial charge in [-0.05, 0) is 18.1 Å². The van der Waals surface area contributed by atoms with Crippen molar-refractivity contribution in [1.29, 1.82) is 0 Å². The topological polar surface area (TPSA) is 77.2 Å². The van der Waals surface area contributed by atoms with Gasteiger partial charge in [0.25, 0.3) is 0 Å². The van der Waals surface area contributed by atoms with Crippen LogP contribution in [-0.2, 0) is 16.0 Å². The van der Waals surface area contributed by atoms with Crippen LogP contribution in [0, 0.1) is 0 Å². The summed E-state index contributed by atoms with van der Waals surface area (Å²) in [6, 6.07) is 3.86. The van der Waals surface area contributed by atoms with Crippen molar-refractivity contribution in [3.05, 3.63) is 30.1 Å². The highest BCUT2D eigenvalue weighted by atomic mass is 16.5. The number of methoxy groups -OCH3 is 1. The second-order valence-electron chi connectivity index (χ2n) is 3.76. The number of rotatable bonds is 7. The minimum absolute atomic E-state index is 0.0359. The summed E-state index contributed by atoms with van der Waals surface area (Å²) < 4.78 is 5.04. The standard InChI is InChI=1S/C12H19N3O2/c1-17-11(8-13)7-12(16)15-6-4-10-3-2-5-14-9-10/h2-3,5,9,11H,4,6-8,13H2,1H3,(H,15,16). The van der Waals surface area contributed by atoms with Crippen LogP contribution < -0.4 is 11.1 Å². The van der Waals surface area contributed by atoms with Gasteiger partial charge in [-0.2, -0.15) is 0 Å². The monoisotopic (exact) mass is 237 g/mol. The average molecular weight is 237 g/mol. The number of hydrogen-bond donors (Lipinski definition) is 2. The van der Waals surface area contributed by atoms with E-state index < -0.39 is 0 Å². The van der Waals surface area contributed by atoms with Crippen LogP contribution in [-0.4, -0.2) is 37.2 Å². The molecule has 0 aromatic carbocycles. The first kappa shape index (κ1) is 13.6. The maximum absolute atomic E-state index is 11.5. The number of nitrogens with two attached hydrogens (primary N) is 1. The van der Waals surface area contributed by atoms with Gasteiger partial charge < -0.3 is 15.8 Å². The summed E-state index contributed by atoms with van der Waals surface area (Å²) in [5.41, 5.74) is 6.54. The van der Waals surface area contributed by atoms with E-state index >= 15 is 0 Å². The number of hydrogen-bond acceptors (Lipinski definition) is 4. The van der Waals surface area contributed by atoms with Crippen LogP contribution in [0.3, 0.4) is 0 Å². The molecule has 0 aliphatic rings. The molecule has 17 heavy (non-hydrogen) atoms. The van der Waals surface area contributed by atoms with Gasteiger partial charge in [-0.3, -0.25) is 9.78 Å². The van der Waals surface area contributed by atoms with E-state index in [2.05, 4.69) is 10.3 Å². The zero-order chi connectivity index (χ0) is 12.5. The second kappa shape index (κ2) is 7.76. The number of carbonyl (C=O) groups excluding carboxylic acids is 1. The average Bonchev–Trinajstić information content (AvgIpc) is 2.37. The van der Waals surface area contributed by atoms with Gasteiger partial charge >= 0.3 is 0 Å². The zero-order valence-corrected chi connectivity index (χ0v) is 10.1. The molecule has 1 rings (SSSR count). The Morgan fingerprint density at radius 2 is 2.47 bits per heavy atom. The number of nitrogens with one attached hydrogen (secondary N) is 1. The number of carbonyl (C=O) groups is 1. The van der Waals surface area contributed by atoms with E-state index in [9.17, 15) is 4.79 Å². The van der Waals surface area contributed by atoms with Crippen molar-refractivity contribution in [2.24, 2.45) is 5.73 Å². The molecule has 5 heteroatoms. The molecule has 0 aliphatic heterocycles. The van der Waals surface area contributed by atoms with Crippen LogP contribution in [0.4, 0.5) is 0 Å². The number of amides is 1. The first-order valence-electron chi connectivity index (χ1n) is 5.64. The highest BCUT2D eigenvalue weighted by molar-refractivity contribution is 5.76. The first-order valence-corrected chi connectivity index (χ1v) is 5.64. The van der Waals surface area contributed by atoms with Crippen molar-refractivity contribution in [2.75, 3.05) is 20.2 Å². The van der Waals surface area contributed by atoms with E-state index in [4.69, 9.17) is 10.5 Å². The number of aromatic nitrogens is 1. The summed E-state index contributed by atoms with van der Waals surface area (Å²) in [6.07, 6.45) is 4.41. The van der Waals surface area contributed by atoms with Gasteiger partial charge in [-0.1, -0.05) is 6.07 Å². The maximum atomic E-state index is 11.5. The van der Waals surface area contributed by atoms with E-state index in [0.717, 1.165) is 12.0 Å².